The highest BCUT2D eigenvalue weighted by Crippen LogP contribution is 2.36. The van der Waals surface area contributed by atoms with Crippen LogP contribution in [0.1, 0.15) is 38.1 Å². The summed E-state index contributed by atoms with van der Waals surface area (Å²) in [6.45, 7) is 7.88. The lowest BCUT2D eigenvalue weighted by atomic mass is 9.76. The molecule has 0 bridgehead atoms. The molecule has 18 heavy (non-hydrogen) atoms. The highest BCUT2D eigenvalue weighted by atomic mass is 35.5. The minimum atomic E-state index is -0.561. The summed E-state index contributed by atoms with van der Waals surface area (Å²) in [5.41, 5.74) is 0.245. The van der Waals surface area contributed by atoms with Crippen LogP contribution in [-0.4, -0.2) is 24.6 Å². The molecule has 3 nitrogen and oxygen atoms in total. The fourth-order valence-corrected chi connectivity index (χ4v) is 2.08. The van der Waals surface area contributed by atoms with Gasteiger partial charge in [0.2, 0.25) is 0 Å². The Bertz CT molecular complexity index is 469. The van der Waals surface area contributed by atoms with Crippen molar-refractivity contribution in [1.82, 2.24) is 0 Å². The van der Waals surface area contributed by atoms with Gasteiger partial charge in [0.05, 0.1) is 16.2 Å². The number of hydrogen-bond acceptors (Lipinski definition) is 3. The van der Waals surface area contributed by atoms with Crippen LogP contribution in [0.3, 0.4) is 0 Å². The Kier molecular flexibility index (Phi) is 3.30. The van der Waals surface area contributed by atoms with E-state index in [0.29, 0.717) is 16.0 Å². The summed E-state index contributed by atoms with van der Waals surface area (Å²) < 4.78 is 11.8. The van der Waals surface area contributed by atoms with Crippen LogP contribution in [-0.2, 0) is 9.31 Å². The van der Waals surface area contributed by atoms with Gasteiger partial charge in [-0.3, -0.25) is 4.79 Å². The lowest BCUT2D eigenvalue weighted by Gasteiger charge is -2.32. The maximum atomic E-state index is 11.1. The largest absolute Gasteiger partial charge is 0.495 e. The van der Waals surface area contributed by atoms with Gasteiger partial charge in [0.1, 0.15) is 0 Å². The van der Waals surface area contributed by atoms with E-state index in [1.54, 1.807) is 18.2 Å². The van der Waals surface area contributed by atoms with Crippen LogP contribution in [0.4, 0.5) is 0 Å². The SMILES string of the molecule is CC1(C)OB(c2cccc(Cl)c2C=O)OC1(C)C. The molecule has 0 saturated carbocycles. The van der Waals surface area contributed by atoms with E-state index in [9.17, 15) is 4.79 Å². The summed E-state index contributed by atoms with van der Waals surface area (Å²) in [5.74, 6) is 0. The summed E-state index contributed by atoms with van der Waals surface area (Å²) in [6, 6.07) is 5.27. The lowest BCUT2D eigenvalue weighted by Crippen LogP contribution is -2.41. The zero-order valence-electron chi connectivity index (χ0n) is 11.0. The Labute approximate surface area is 113 Å². The molecule has 2 rings (SSSR count). The van der Waals surface area contributed by atoms with Crippen LogP contribution >= 0.6 is 11.6 Å². The average molecular weight is 267 g/mol. The van der Waals surface area contributed by atoms with Gasteiger partial charge in [-0.05, 0) is 39.2 Å². The van der Waals surface area contributed by atoms with Gasteiger partial charge in [0, 0.05) is 5.56 Å². The maximum absolute atomic E-state index is 11.1. The summed E-state index contributed by atoms with van der Waals surface area (Å²) in [6.07, 6.45) is 0.739. The van der Waals surface area contributed by atoms with Gasteiger partial charge in [-0.25, -0.2) is 0 Å². The zero-order valence-corrected chi connectivity index (χ0v) is 11.7. The number of hydrogen-bond donors (Lipinski definition) is 0. The Hall–Kier alpha value is -0.835. The van der Waals surface area contributed by atoms with Crippen LogP contribution in [0.15, 0.2) is 18.2 Å². The van der Waals surface area contributed by atoms with Gasteiger partial charge in [-0.1, -0.05) is 23.7 Å². The predicted octanol–water partition coefficient (Wildman–Crippen LogP) is 2.45. The number of rotatable bonds is 2. The zero-order chi connectivity index (χ0) is 13.6. The standard InChI is InChI=1S/C13H16BClO3/c1-12(2)13(3,4)18-14(17-12)10-6-5-7-11(15)9(10)8-16/h5-8H,1-4H3. The molecular formula is C13H16BClO3. The van der Waals surface area contributed by atoms with E-state index in [4.69, 9.17) is 20.9 Å². The molecule has 0 N–H and O–H groups in total. The van der Waals surface area contributed by atoms with Gasteiger partial charge in [0.15, 0.2) is 6.29 Å². The third kappa shape index (κ3) is 2.09. The minimum Gasteiger partial charge on any atom is -0.399 e. The molecule has 0 amide bonds. The maximum Gasteiger partial charge on any atom is 0.495 e. The Balaban J connectivity index is 2.41. The van der Waals surface area contributed by atoms with Crippen molar-refractivity contribution in [2.45, 2.75) is 38.9 Å². The van der Waals surface area contributed by atoms with E-state index in [0.717, 1.165) is 6.29 Å². The fourth-order valence-electron chi connectivity index (χ4n) is 1.85. The third-order valence-electron chi connectivity index (χ3n) is 3.71. The number of benzene rings is 1. The number of carbonyl (C=O) groups is 1. The van der Waals surface area contributed by atoms with Gasteiger partial charge in [-0.15, -0.1) is 0 Å². The monoisotopic (exact) mass is 266 g/mol. The summed E-state index contributed by atoms with van der Waals surface area (Å²) >= 11 is 6.01. The van der Waals surface area contributed by atoms with Gasteiger partial charge in [-0.2, -0.15) is 0 Å². The Morgan fingerprint density at radius 2 is 1.72 bits per heavy atom. The first kappa shape index (κ1) is 13.6. The van der Waals surface area contributed by atoms with Crippen molar-refractivity contribution in [3.05, 3.63) is 28.8 Å². The normalized spacial score (nSPS) is 21.1. The second-order valence-electron chi connectivity index (χ2n) is 5.45. The molecule has 1 saturated heterocycles. The molecule has 0 spiro atoms. The van der Waals surface area contributed by atoms with Crippen LogP contribution in [0.2, 0.25) is 5.02 Å². The van der Waals surface area contributed by atoms with Gasteiger partial charge in [0.25, 0.3) is 0 Å². The molecule has 0 radical (unpaired) electrons. The first-order valence-electron chi connectivity index (χ1n) is 5.88. The van der Waals surface area contributed by atoms with Crippen molar-refractivity contribution in [3.8, 4) is 0 Å². The van der Waals surface area contributed by atoms with Gasteiger partial charge >= 0.3 is 7.12 Å². The van der Waals surface area contributed by atoms with E-state index in [2.05, 4.69) is 0 Å². The van der Waals surface area contributed by atoms with Crippen LogP contribution in [0.5, 0.6) is 0 Å². The molecule has 1 aliphatic rings. The average Bonchev–Trinajstić information content (AvgIpc) is 2.47. The summed E-state index contributed by atoms with van der Waals surface area (Å²) in [4.78, 5) is 11.1. The molecule has 1 aliphatic heterocycles. The van der Waals surface area contributed by atoms with Crippen molar-refractivity contribution in [2.75, 3.05) is 0 Å². The molecule has 5 heteroatoms. The Morgan fingerprint density at radius 3 is 2.22 bits per heavy atom. The quantitative estimate of drug-likeness (QED) is 0.609. The molecule has 0 atom stereocenters. The molecular weight excluding hydrogens is 250 g/mol. The predicted molar refractivity (Wildman–Crippen MR) is 72.6 cm³/mol. The van der Waals surface area contributed by atoms with E-state index < -0.39 is 18.3 Å². The molecule has 0 aliphatic carbocycles. The van der Waals surface area contributed by atoms with Crippen LogP contribution in [0, 0.1) is 0 Å². The first-order valence-corrected chi connectivity index (χ1v) is 6.25. The smallest absolute Gasteiger partial charge is 0.399 e. The molecule has 1 aromatic rings. The molecule has 1 aromatic carbocycles. The van der Waals surface area contributed by atoms with E-state index in [1.165, 1.54) is 0 Å². The molecule has 1 heterocycles. The molecule has 0 aromatic heterocycles. The number of halogens is 1. The minimum absolute atomic E-state index is 0.414. The first-order chi connectivity index (χ1) is 8.28. The number of aldehydes is 1. The van der Waals surface area contributed by atoms with Crippen molar-refractivity contribution < 1.29 is 14.1 Å². The second-order valence-corrected chi connectivity index (χ2v) is 5.86. The third-order valence-corrected chi connectivity index (χ3v) is 4.04. The highest BCUT2D eigenvalue weighted by molar-refractivity contribution is 6.64. The van der Waals surface area contributed by atoms with Crippen LogP contribution in [0.25, 0.3) is 0 Å². The topological polar surface area (TPSA) is 35.5 Å². The second kappa shape index (κ2) is 4.37. The molecule has 96 valence electrons. The van der Waals surface area contributed by atoms with E-state index in [-0.39, 0.29) is 0 Å². The van der Waals surface area contributed by atoms with Gasteiger partial charge < -0.3 is 9.31 Å². The summed E-state index contributed by atoms with van der Waals surface area (Å²) in [5, 5.41) is 0.414. The van der Waals surface area contributed by atoms with Crippen molar-refractivity contribution in [3.63, 3.8) is 0 Å². The highest BCUT2D eigenvalue weighted by Gasteiger charge is 2.52. The Morgan fingerprint density at radius 1 is 1.17 bits per heavy atom. The number of carbonyl (C=O) groups excluding carboxylic acids is 1. The molecule has 0 unspecified atom stereocenters. The van der Waals surface area contributed by atoms with E-state index >= 15 is 0 Å². The molecule has 1 fully saturated rings. The fraction of sp³-hybridized carbons (Fsp3) is 0.462. The van der Waals surface area contributed by atoms with Crippen molar-refractivity contribution in [2.24, 2.45) is 0 Å². The lowest BCUT2D eigenvalue weighted by molar-refractivity contribution is 0.00578. The summed E-state index contributed by atoms with van der Waals surface area (Å²) in [7, 11) is -0.561. The van der Waals surface area contributed by atoms with E-state index in [1.807, 2.05) is 27.7 Å². The van der Waals surface area contributed by atoms with Crippen molar-refractivity contribution in [1.29, 1.82) is 0 Å². The van der Waals surface area contributed by atoms with Crippen LogP contribution < -0.4 is 5.46 Å². The van der Waals surface area contributed by atoms with Crippen molar-refractivity contribution >= 4 is 30.5 Å².